The summed E-state index contributed by atoms with van der Waals surface area (Å²) in [7, 11) is 0. The maximum absolute atomic E-state index is 4.14. The first-order chi connectivity index (χ1) is 9.40. The number of hydrogen-bond acceptors (Lipinski definition) is 3. The maximum Gasteiger partial charge on any atom is 0.138 e. The number of aromatic nitrogens is 3. The van der Waals surface area contributed by atoms with E-state index in [1.54, 1.807) is 17.3 Å². The standard InChI is InChI=1S/C15H18N4/c1-2-11(1)15(12-3-4-12)18-13-5-7-14(8-6-13)19-10-16-9-17-19/h5-12,15,18H,1-4H2. The summed E-state index contributed by atoms with van der Waals surface area (Å²) < 4.78 is 1.78. The summed E-state index contributed by atoms with van der Waals surface area (Å²) in [5, 5.41) is 7.87. The molecule has 2 fully saturated rings. The molecule has 0 radical (unpaired) electrons. The molecule has 0 atom stereocenters. The van der Waals surface area contributed by atoms with Gasteiger partial charge in [0, 0.05) is 11.7 Å². The van der Waals surface area contributed by atoms with Gasteiger partial charge in [-0.2, -0.15) is 5.10 Å². The number of nitrogens with zero attached hydrogens (tertiary/aromatic N) is 3. The second kappa shape index (κ2) is 4.37. The lowest BCUT2D eigenvalue weighted by Gasteiger charge is -2.19. The molecule has 2 aromatic rings. The topological polar surface area (TPSA) is 42.7 Å². The van der Waals surface area contributed by atoms with Crippen molar-refractivity contribution in [2.75, 3.05) is 5.32 Å². The van der Waals surface area contributed by atoms with Crippen molar-refractivity contribution in [3.05, 3.63) is 36.9 Å². The lowest BCUT2D eigenvalue weighted by Crippen LogP contribution is -2.24. The Morgan fingerprint density at radius 2 is 1.74 bits per heavy atom. The molecule has 19 heavy (non-hydrogen) atoms. The Labute approximate surface area is 112 Å². The maximum atomic E-state index is 4.14. The van der Waals surface area contributed by atoms with Crippen LogP contribution in [0.1, 0.15) is 25.7 Å². The number of hydrogen-bond donors (Lipinski definition) is 1. The molecule has 98 valence electrons. The van der Waals surface area contributed by atoms with Crippen LogP contribution in [0.4, 0.5) is 5.69 Å². The molecule has 0 aliphatic heterocycles. The van der Waals surface area contributed by atoms with Crippen LogP contribution < -0.4 is 5.32 Å². The summed E-state index contributed by atoms with van der Waals surface area (Å²) >= 11 is 0. The van der Waals surface area contributed by atoms with E-state index in [0.717, 1.165) is 17.5 Å². The first kappa shape index (κ1) is 11.0. The van der Waals surface area contributed by atoms with Crippen molar-refractivity contribution in [3.8, 4) is 5.69 Å². The fraction of sp³-hybridized carbons (Fsp3) is 0.467. The van der Waals surface area contributed by atoms with Gasteiger partial charge in [0.15, 0.2) is 0 Å². The molecule has 1 aromatic heterocycles. The van der Waals surface area contributed by atoms with Crippen molar-refractivity contribution in [3.63, 3.8) is 0 Å². The molecule has 0 spiro atoms. The highest BCUT2D eigenvalue weighted by Gasteiger charge is 2.41. The fourth-order valence-corrected chi connectivity index (χ4v) is 2.78. The lowest BCUT2D eigenvalue weighted by atomic mass is 10.1. The van der Waals surface area contributed by atoms with Gasteiger partial charge in [-0.3, -0.25) is 0 Å². The molecule has 0 bridgehead atoms. The average Bonchev–Trinajstić information content (AvgIpc) is 3.37. The van der Waals surface area contributed by atoms with Gasteiger partial charge in [-0.15, -0.1) is 0 Å². The summed E-state index contributed by atoms with van der Waals surface area (Å²) in [6.45, 7) is 0. The van der Waals surface area contributed by atoms with Gasteiger partial charge < -0.3 is 5.32 Å². The highest BCUT2D eigenvalue weighted by atomic mass is 15.3. The van der Waals surface area contributed by atoms with Crippen molar-refractivity contribution in [2.24, 2.45) is 11.8 Å². The predicted molar refractivity (Wildman–Crippen MR) is 74.2 cm³/mol. The molecular formula is C15H18N4. The molecule has 2 aliphatic rings. The van der Waals surface area contributed by atoms with E-state index < -0.39 is 0 Å². The first-order valence-electron chi connectivity index (χ1n) is 7.12. The molecular weight excluding hydrogens is 236 g/mol. The molecule has 2 aliphatic carbocycles. The number of nitrogens with one attached hydrogen (secondary N) is 1. The zero-order valence-electron chi connectivity index (χ0n) is 10.9. The summed E-state index contributed by atoms with van der Waals surface area (Å²) in [5.41, 5.74) is 2.28. The van der Waals surface area contributed by atoms with E-state index in [2.05, 4.69) is 39.7 Å². The Hall–Kier alpha value is -1.84. The van der Waals surface area contributed by atoms with Crippen LogP contribution in [-0.4, -0.2) is 20.8 Å². The third-order valence-corrected chi connectivity index (χ3v) is 4.14. The lowest BCUT2D eigenvalue weighted by molar-refractivity contribution is 0.568. The third-order valence-electron chi connectivity index (χ3n) is 4.14. The number of benzene rings is 1. The van der Waals surface area contributed by atoms with E-state index >= 15 is 0 Å². The van der Waals surface area contributed by atoms with Gasteiger partial charge in [-0.25, -0.2) is 9.67 Å². The summed E-state index contributed by atoms with van der Waals surface area (Å²) in [6, 6.07) is 9.18. The minimum atomic E-state index is 0.706. The third kappa shape index (κ3) is 2.35. The van der Waals surface area contributed by atoms with Crippen molar-refractivity contribution >= 4 is 5.69 Å². The number of rotatable bonds is 5. The number of anilines is 1. The Bertz CT molecular complexity index is 526. The summed E-state index contributed by atoms with van der Waals surface area (Å²) in [6.07, 6.45) is 8.91. The van der Waals surface area contributed by atoms with Crippen LogP contribution in [0.3, 0.4) is 0 Å². The van der Waals surface area contributed by atoms with Gasteiger partial charge in [0.05, 0.1) is 5.69 Å². The summed E-state index contributed by atoms with van der Waals surface area (Å²) in [5.74, 6) is 1.84. The molecule has 1 aromatic carbocycles. The van der Waals surface area contributed by atoms with Crippen molar-refractivity contribution in [1.29, 1.82) is 0 Å². The molecule has 2 saturated carbocycles. The van der Waals surface area contributed by atoms with Gasteiger partial charge in [0.2, 0.25) is 0 Å². The molecule has 0 amide bonds. The van der Waals surface area contributed by atoms with Crippen LogP contribution >= 0.6 is 0 Å². The Morgan fingerprint density at radius 1 is 1.05 bits per heavy atom. The van der Waals surface area contributed by atoms with Crippen molar-refractivity contribution in [2.45, 2.75) is 31.7 Å². The second-order valence-electron chi connectivity index (χ2n) is 5.73. The Kier molecular flexibility index (Phi) is 2.53. The highest BCUT2D eigenvalue weighted by Crippen LogP contribution is 2.45. The summed E-state index contributed by atoms with van der Waals surface area (Å²) in [4.78, 5) is 3.97. The SMILES string of the molecule is c1ncn(-c2ccc(NC(C3CC3)C3CC3)cc2)n1. The Morgan fingerprint density at radius 3 is 2.26 bits per heavy atom. The predicted octanol–water partition coefficient (Wildman–Crippen LogP) is 2.87. The van der Waals surface area contributed by atoms with Crippen LogP contribution in [0.2, 0.25) is 0 Å². The van der Waals surface area contributed by atoms with Crippen LogP contribution in [0.25, 0.3) is 5.69 Å². The first-order valence-corrected chi connectivity index (χ1v) is 7.12. The van der Waals surface area contributed by atoms with E-state index in [-0.39, 0.29) is 0 Å². The van der Waals surface area contributed by atoms with E-state index in [4.69, 9.17) is 0 Å². The smallest absolute Gasteiger partial charge is 0.138 e. The van der Waals surface area contributed by atoms with Crippen molar-refractivity contribution < 1.29 is 0 Å². The van der Waals surface area contributed by atoms with E-state index in [1.165, 1.54) is 31.4 Å². The van der Waals surface area contributed by atoms with E-state index in [0.29, 0.717) is 6.04 Å². The minimum absolute atomic E-state index is 0.706. The zero-order valence-corrected chi connectivity index (χ0v) is 10.9. The van der Waals surface area contributed by atoms with Crippen LogP contribution in [0, 0.1) is 11.8 Å². The van der Waals surface area contributed by atoms with E-state index in [9.17, 15) is 0 Å². The van der Waals surface area contributed by atoms with Gasteiger partial charge >= 0.3 is 0 Å². The molecule has 4 rings (SSSR count). The normalized spacial score (nSPS) is 18.8. The average molecular weight is 254 g/mol. The van der Waals surface area contributed by atoms with Crippen LogP contribution in [-0.2, 0) is 0 Å². The minimum Gasteiger partial charge on any atom is -0.382 e. The largest absolute Gasteiger partial charge is 0.382 e. The Balaban J connectivity index is 1.49. The monoisotopic (exact) mass is 254 g/mol. The molecule has 0 unspecified atom stereocenters. The molecule has 1 heterocycles. The van der Waals surface area contributed by atoms with Gasteiger partial charge in [0.1, 0.15) is 12.7 Å². The van der Waals surface area contributed by atoms with Gasteiger partial charge in [-0.1, -0.05) is 0 Å². The second-order valence-corrected chi connectivity index (χ2v) is 5.73. The van der Waals surface area contributed by atoms with Crippen molar-refractivity contribution in [1.82, 2.24) is 14.8 Å². The molecule has 1 N–H and O–H groups in total. The molecule has 4 nitrogen and oxygen atoms in total. The van der Waals surface area contributed by atoms with Gasteiger partial charge in [0.25, 0.3) is 0 Å². The molecule has 4 heteroatoms. The quantitative estimate of drug-likeness (QED) is 0.892. The zero-order chi connectivity index (χ0) is 12.7. The molecule has 0 saturated heterocycles. The van der Waals surface area contributed by atoms with Crippen LogP contribution in [0.5, 0.6) is 0 Å². The fourth-order valence-electron chi connectivity index (χ4n) is 2.78. The highest BCUT2D eigenvalue weighted by molar-refractivity contribution is 5.49. The van der Waals surface area contributed by atoms with Crippen LogP contribution in [0.15, 0.2) is 36.9 Å². The van der Waals surface area contributed by atoms with Gasteiger partial charge in [-0.05, 0) is 61.8 Å². The van der Waals surface area contributed by atoms with E-state index in [1.807, 2.05) is 0 Å².